The number of hydrogen-bond acceptors (Lipinski definition) is 4. The molecule has 0 radical (unpaired) electrons. The highest BCUT2D eigenvalue weighted by molar-refractivity contribution is 7.73. The molecule has 0 saturated heterocycles. The maximum absolute atomic E-state index is 9.17. The van der Waals surface area contributed by atoms with E-state index in [-0.39, 0.29) is 0 Å². The minimum Gasteiger partial charge on any atom is -0.389 e. The van der Waals surface area contributed by atoms with Gasteiger partial charge in [0.1, 0.15) is 21.4 Å². The summed E-state index contributed by atoms with van der Waals surface area (Å²) in [6.45, 7) is 5.40. The van der Waals surface area contributed by atoms with Crippen LogP contribution in [0.4, 0.5) is 5.00 Å². The van der Waals surface area contributed by atoms with E-state index in [4.69, 9.17) is 18.0 Å². The number of nitriles is 1. The molecule has 0 aromatic carbocycles. The van der Waals surface area contributed by atoms with Crippen molar-refractivity contribution in [2.24, 2.45) is 0 Å². The van der Waals surface area contributed by atoms with Gasteiger partial charge in [0.25, 0.3) is 0 Å². The van der Waals surface area contributed by atoms with Crippen LogP contribution in [0.3, 0.4) is 0 Å². The smallest absolute Gasteiger partial charge is 0.105 e. The summed E-state index contributed by atoms with van der Waals surface area (Å²) in [5, 5.41) is 9.75. The molecule has 17 heavy (non-hydrogen) atoms. The van der Waals surface area contributed by atoms with Gasteiger partial charge in [0.15, 0.2) is 0 Å². The van der Waals surface area contributed by atoms with Crippen molar-refractivity contribution in [1.82, 2.24) is 0 Å². The number of hydrogen-bond donors (Lipinski definition) is 2. The monoisotopic (exact) mass is 266 g/mol. The number of rotatable bonds is 2. The lowest BCUT2D eigenvalue weighted by atomic mass is 9.98. The molecular formula is C12H16N3S2+. The number of nitrogens with two attached hydrogens (primary N) is 1. The van der Waals surface area contributed by atoms with Gasteiger partial charge in [-0.2, -0.15) is 5.26 Å². The highest BCUT2D eigenvalue weighted by Gasteiger charge is 2.24. The number of anilines is 1. The van der Waals surface area contributed by atoms with Crippen LogP contribution in [0.25, 0.3) is 0 Å². The molecule has 3 nitrogen and oxygen atoms in total. The average Bonchev–Trinajstić information content (AvgIpc) is 2.31. The standard InChI is InChI=1S/C12H15N3S2/c1-2-4-15-5-3-8-9(6-13)11(14)17-12(16)10(8)7-15/h2-5,7,14H2,1H3/p+1. The minimum atomic E-state index is 0.579. The van der Waals surface area contributed by atoms with Crippen LogP contribution in [0, 0.1) is 15.2 Å². The molecule has 2 heterocycles. The number of nitrogens with zero attached hydrogens (tertiary/aromatic N) is 1. The molecule has 1 aliphatic rings. The predicted octanol–water partition coefficient (Wildman–Crippen LogP) is 1.28. The summed E-state index contributed by atoms with van der Waals surface area (Å²) in [6, 6.07) is 2.23. The van der Waals surface area contributed by atoms with E-state index < -0.39 is 0 Å². The van der Waals surface area contributed by atoms with Crippen molar-refractivity contribution in [3.8, 4) is 6.07 Å². The first-order valence-electron chi connectivity index (χ1n) is 5.85. The normalized spacial score (nSPS) is 18.5. The fourth-order valence-corrected chi connectivity index (χ4v) is 3.67. The summed E-state index contributed by atoms with van der Waals surface area (Å²) >= 11 is 6.76. The van der Waals surface area contributed by atoms with Crippen molar-refractivity contribution in [1.29, 1.82) is 5.26 Å². The van der Waals surface area contributed by atoms with Crippen molar-refractivity contribution in [3.63, 3.8) is 0 Å². The van der Waals surface area contributed by atoms with E-state index in [1.54, 1.807) is 4.90 Å². The second-order valence-corrected chi connectivity index (χ2v) is 6.09. The highest BCUT2D eigenvalue weighted by atomic mass is 32.1. The van der Waals surface area contributed by atoms with Gasteiger partial charge in [-0.1, -0.05) is 19.1 Å². The molecule has 1 unspecified atom stereocenters. The van der Waals surface area contributed by atoms with Crippen molar-refractivity contribution in [2.75, 3.05) is 18.8 Å². The first-order chi connectivity index (χ1) is 8.17. The first kappa shape index (κ1) is 12.5. The maximum Gasteiger partial charge on any atom is 0.105 e. The Bertz CT molecular complexity index is 528. The van der Waals surface area contributed by atoms with Crippen LogP contribution in [-0.2, 0) is 13.0 Å². The van der Waals surface area contributed by atoms with Crippen LogP contribution in [-0.4, -0.2) is 13.1 Å². The summed E-state index contributed by atoms with van der Waals surface area (Å²) in [7, 11) is 0. The van der Waals surface area contributed by atoms with Gasteiger partial charge in [0, 0.05) is 12.0 Å². The van der Waals surface area contributed by atoms with Crippen molar-refractivity contribution < 1.29 is 4.90 Å². The second kappa shape index (κ2) is 5.13. The predicted molar refractivity (Wildman–Crippen MR) is 72.7 cm³/mol. The number of nitrogens with one attached hydrogen (secondary N) is 1. The van der Waals surface area contributed by atoms with Gasteiger partial charge in [-0.15, -0.1) is 11.3 Å². The summed E-state index contributed by atoms with van der Waals surface area (Å²) < 4.78 is 0.866. The molecule has 90 valence electrons. The fourth-order valence-electron chi connectivity index (χ4n) is 2.42. The Balaban J connectivity index is 2.46. The van der Waals surface area contributed by atoms with Gasteiger partial charge >= 0.3 is 0 Å². The molecule has 0 aliphatic carbocycles. The number of fused-ring (bicyclic) bond motifs is 1. The van der Waals surface area contributed by atoms with Gasteiger partial charge in [0.05, 0.1) is 18.7 Å². The third kappa shape index (κ3) is 2.34. The summed E-state index contributed by atoms with van der Waals surface area (Å²) in [5.74, 6) is 0. The molecule has 1 aromatic rings. The van der Waals surface area contributed by atoms with Gasteiger partial charge in [-0.3, -0.25) is 0 Å². The average molecular weight is 266 g/mol. The van der Waals surface area contributed by atoms with Crippen molar-refractivity contribution in [3.05, 3.63) is 20.5 Å². The summed E-state index contributed by atoms with van der Waals surface area (Å²) in [6.07, 6.45) is 2.11. The van der Waals surface area contributed by atoms with Crippen LogP contribution in [0.5, 0.6) is 0 Å². The van der Waals surface area contributed by atoms with Crippen molar-refractivity contribution >= 4 is 28.6 Å². The van der Waals surface area contributed by atoms with Gasteiger partial charge in [-0.05, 0) is 12.0 Å². The molecule has 2 rings (SSSR count). The fraction of sp³-hybridized carbons (Fsp3) is 0.500. The Kier molecular flexibility index (Phi) is 3.77. The van der Waals surface area contributed by atoms with Crippen LogP contribution < -0.4 is 10.6 Å². The largest absolute Gasteiger partial charge is 0.389 e. The van der Waals surface area contributed by atoms with Crippen molar-refractivity contribution in [2.45, 2.75) is 26.3 Å². The van der Waals surface area contributed by atoms with E-state index in [0.29, 0.717) is 10.6 Å². The van der Waals surface area contributed by atoms with E-state index in [1.807, 2.05) is 0 Å². The molecule has 1 aromatic heterocycles. The summed E-state index contributed by atoms with van der Waals surface area (Å²) in [4.78, 5) is 1.56. The summed E-state index contributed by atoms with van der Waals surface area (Å²) in [5.41, 5.74) is 8.82. The Labute approximate surface area is 110 Å². The van der Waals surface area contributed by atoms with Crippen LogP contribution in [0.2, 0.25) is 0 Å². The molecule has 0 bridgehead atoms. The van der Waals surface area contributed by atoms with E-state index in [2.05, 4.69) is 13.0 Å². The molecule has 0 fully saturated rings. The first-order valence-corrected chi connectivity index (χ1v) is 7.07. The van der Waals surface area contributed by atoms with Gasteiger partial charge < -0.3 is 10.6 Å². The Morgan fingerprint density at radius 1 is 1.53 bits per heavy atom. The Morgan fingerprint density at radius 2 is 2.29 bits per heavy atom. The zero-order valence-corrected chi connectivity index (χ0v) is 11.5. The van der Waals surface area contributed by atoms with Gasteiger partial charge in [-0.25, -0.2) is 0 Å². The number of nitrogen functional groups attached to an aromatic ring is 1. The lowest BCUT2D eigenvalue weighted by Crippen LogP contribution is -3.11. The Hall–Kier alpha value is -0.960. The topological polar surface area (TPSA) is 54.2 Å². The Morgan fingerprint density at radius 3 is 2.94 bits per heavy atom. The lowest BCUT2D eigenvalue weighted by molar-refractivity contribution is -0.916. The molecule has 0 saturated carbocycles. The van der Waals surface area contributed by atoms with Gasteiger partial charge in [0.2, 0.25) is 0 Å². The molecule has 3 N–H and O–H groups in total. The molecule has 1 aliphatic heterocycles. The van der Waals surface area contributed by atoms with E-state index in [0.717, 1.165) is 28.9 Å². The van der Waals surface area contributed by atoms with Crippen LogP contribution in [0.15, 0.2) is 0 Å². The van der Waals surface area contributed by atoms with E-state index in [9.17, 15) is 5.26 Å². The number of quaternary nitrogens is 1. The van der Waals surface area contributed by atoms with Crippen LogP contribution >= 0.6 is 23.6 Å². The van der Waals surface area contributed by atoms with E-state index >= 15 is 0 Å². The SMILES string of the molecule is CCC[NH+]1CCc2c(C#N)c(N)sc(=S)c2C1. The molecular weight excluding hydrogens is 250 g/mol. The zero-order valence-electron chi connectivity index (χ0n) is 9.88. The second-order valence-electron chi connectivity index (χ2n) is 4.37. The quantitative estimate of drug-likeness (QED) is 0.793. The molecule has 0 spiro atoms. The van der Waals surface area contributed by atoms with Crippen LogP contribution in [0.1, 0.15) is 30.0 Å². The molecule has 1 atom stereocenters. The lowest BCUT2D eigenvalue weighted by Gasteiger charge is -2.26. The highest BCUT2D eigenvalue weighted by Crippen LogP contribution is 2.28. The third-order valence-corrected chi connectivity index (χ3v) is 4.58. The maximum atomic E-state index is 9.17. The van der Waals surface area contributed by atoms with E-state index in [1.165, 1.54) is 29.9 Å². The molecule has 0 amide bonds. The third-order valence-electron chi connectivity index (χ3n) is 3.23. The minimum absolute atomic E-state index is 0.579. The molecule has 5 heteroatoms. The zero-order chi connectivity index (χ0) is 12.4.